The Kier molecular flexibility index (Phi) is 4.98. The molecule has 1 fully saturated rings. The van der Waals surface area contributed by atoms with Crippen molar-refractivity contribution in [2.75, 3.05) is 13.1 Å². The lowest BCUT2D eigenvalue weighted by atomic mass is 10.0. The van der Waals surface area contributed by atoms with Gasteiger partial charge in [0.1, 0.15) is 0 Å². The molecule has 0 atom stereocenters. The molecule has 5 rings (SSSR count). The van der Waals surface area contributed by atoms with Crippen LogP contribution >= 0.6 is 0 Å². The van der Waals surface area contributed by atoms with Crippen molar-refractivity contribution in [2.24, 2.45) is 0 Å². The predicted molar refractivity (Wildman–Crippen MR) is 120 cm³/mol. The fourth-order valence-corrected chi connectivity index (χ4v) is 4.06. The van der Waals surface area contributed by atoms with E-state index in [9.17, 15) is 4.79 Å². The van der Waals surface area contributed by atoms with Crippen LogP contribution in [0.25, 0.3) is 33.5 Å². The summed E-state index contributed by atoms with van der Waals surface area (Å²) in [5.41, 5.74) is 6.45. The minimum atomic E-state index is 0.198. The first-order chi connectivity index (χ1) is 14.8. The van der Waals surface area contributed by atoms with Crippen LogP contribution in [0.15, 0.2) is 78.9 Å². The number of nitrogens with zero attached hydrogens (tertiary/aromatic N) is 3. The Balaban J connectivity index is 1.58. The van der Waals surface area contributed by atoms with E-state index in [1.807, 2.05) is 59.5 Å². The molecule has 4 nitrogen and oxygen atoms in total. The van der Waals surface area contributed by atoms with Crippen LogP contribution in [-0.4, -0.2) is 33.9 Å². The Morgan fingerprint density at radius 3 is 1.90 bits per heavy atom. The molecule has 148 valence electrons. The van der Waals surface area contributed by atoms with Crippen LogP contribution < -0.4 is 0 Å². The zero-order chi connectivity index (χ0) is 20.3. The second kappa shape index (κ2) is 8.07. The number of hydrogen-bond donors (Lipinski definition) is 0. The number of carbonyl (C=O) groups excluding carboxylic acids is 1. The number of fused-ring (bicyclic) bond motifs is 1. The number of hydrogen-bond acceptors (Lipinski definition) is 3. The van der Waals surface area contributed by atoms with Gasteiger partial charge in [0, 0.05) is 24.2 Å². The van der Waals surface area contributed by atoms with Gasteiger partial charge in [0.2, 0.25) is 5.91 Å². The Morgan fingerprint density at radius 1 is 0.733 bits per heavy atom. The van der Waals surface area contributed by atoms with Crippen molar-refractivity contribution in [3.8, 4) is 22.5 Å². The maximum Gasteiger partial charge on any atom is 0.226 e. The van der Waals surface area contributed by atoms with E-state index in [-0.39, 0.29) is 5.91 Å². The smallest absolute Gasteiger partial charge is 0.226 e. The Morgan fingerprint density at radius 2 is 1.30 bits per heavy atom. The molecule has 4 aromatic rings. The molecule has 30 heavy (non-hydrogen) atoms. The molecule has 0 radical (unpaired) electrons. The minimum Gasteiger partial charge on any atom is -0.342 e. The van der Waals surface area contributed by atoms with Gasteiger partial charge in [-0.1, -0.05) is 66.7 Å². The van der Waals surface area contributed by atoms with Gasteiger partial charge in [-0.15, -0.1) is 0 Å². The molecule has 2 heterocycles. The zero-order valence-electron chi connectivity index (χ0n) is 16.8. The van der Waals surface area contributed by atoms with Crippen molar-refractivity contribution in [3.63, 3.8) is 0 Å². The first-order valence-electron chi connectivity index (χ1n) is 10.5. The molecule has 0 N–H and O–H groups in total. The number of amides is 1. The van der Waals surface area contributed by atoms with Gasteiger partial charge in [-0.3, -0.25) is 4.79 Å². The summed E-state index contributed by atoms with van der Waals surface area (Å²) in [6.45, 7) is 1.76. The summed E-state index contributed by atoms with van der Waals surface area (Å²) in [6.07, 6.45) is 2.63. The van der Waals surface area contributed by atoms with Gasteiger partial charge < -0.3 is 4.90 Å². The molecule has 0 unspecified atom stereocenters. The third-order valence-electron chi connectivity index (χ3n) is 5.64. The number of rotatable bonds is 4. The minimum absolute atomic E-state index is 0.198. The van der Waals surface area contributed by atoms with Crippen LogP contribution in [0.4, 0.5) is 0 Å². The average Bonchev–Trinajstić information content (AvgIpc) is 3.35. The normalized spacial score (nSPS) is 13.7. The van der Waals surface area contributed by atoms with Crippen LogP contribution in [0.2, 0.25) is 0 Å². The first kappa shape index (κ1) is 18.5. The summed E-state index contributed by atoms with van der Waals surface area (Å²) in [5, 5.41) is 0. The van der Waals surface area contributed by atoms with Crippen LogP contribution in [0.1, 0.15) is 18.4 Å². The maximum absolute atomic E-state index is 12.6. The van der Waals surface area contributed by atoms with Gasteiger partial charge in [-0.05, 0) is 30.5 Å². The molecule has 1 aliphatic rings. The van der Waals surface area contributed by atoms with E-state index in [2.05, 4.69) is 24.3 Å². The van der Waals surface area contributed by atoms with Gasteiger partial charge in [0.05, 0.1) is 28.8 Å². The standard InChI is InChI=1S/C26H23N3O/c30-24(29-15-7-8-16-29)18-19-13-14-22-23(17-19)28-26(21-11-5-2-6-12-21)25(27-22)20-9-3-1-4-10-20/h1-6,9-14,17H,7-8,15-16,18H2. The van der Waals surface area contributed by atoms with E-state index in [1.54, 1.807) is 0 Å². The molecule has 1 aromatic heterocycles. The third kappa shape index (κ3) is 3.69. The molecule has 1 saturated heterocycles. The summed E-state index contributed by atoms with van der Waals surface area (Å²) in [4.78, 5) is 24.5. The molecule has 3 aromatic carbocycles. The van der Waals surface area contributed by atoms with Crippen LogP contribution in [0.3, 0.4) is 0 Å². The second-order valence-electron chi connectivity index (χ2n) is 7.74. The van der Waals surface area contributed by atoms with Gasteiger partial charge in [-0.2, -0.15) is 0 Å². The molecule has 1 amide bonds. The van der Waals surface area contributed by atoms with Gasteiger partial charge >= 0.3 is 0 Å². The summed E-state index contributed by atoms with van der Waals surface area (Å²) < 4.78 is 0. The molecule has 4 heteroatoms. The number of aromatic nitrogens is 2. The lowest BCUT2D eigenvalue weighted by molar-refractivity contribution is -0.129. The lowest BCUT2D eigenvalue weighted by Crippen LogP contribution is -2.29. The molecule has 0 spiro atoms. The van der Waals surface area contributed by atoms with E-state index in [1.165, 1.54) is 0 Å². The monoisotopic (exact) mass is 393 g/mol. The fraction of sp³-hybridized carbons (Fsp3) is 0.192. The highest BCUT2D eigenvalue weighted by atomic mass is 16.2. The lowest BCUT2D eigenvalue weighted by Gasteiger charge is -2.15. The van der Waals surface area contributed by atoms with Crippen molar-refractivity contribution >= 4 is 16.9 Å². The van der Waals surface area contributed by atoms with Gasteiger partial charge in [0.25, 0.3) is 0 Å². The SMILES string of the molecule is O=C(Cc1ccc2nc(-c3ccccc3)c(-c3ccccc3)nc2c1)N1CCCC1. The fourth-order valence-electron chi connectivity index (χ4n) is 4.06. The second-order valence-corrected chi connectivity index (χ2v) is 7.74. The average molecular weight is 393 g/mol. The zero-order valence-corrected chi connectivity index (χ0v) is 16.8. The van der Waals surface area contributed by atoms with Crippen molar-refractivity contribution in [1.29, 1.82) is 0 Å². The van der Waals surface area contributed by atoms with E-state index in [0.717, 1.165) is 65.0 Å². The third-order valence-corrected chi connectivity index (χ3v) is 5.64. The molecule has 0 saturated carbocycles. The highest BCUT2D eigenvalue weighted by Crippen LogP contribution is 2.31. The molecule has 1 aliphatic heterocycles. The van der Waals surface area contributed by atoms with E-state index >= 15 is 0 Å². The molecular weight excluding hydrogens is 370 g/mol. The van der Waals surface area contributed by atoms with E-state index < -0.39 is 0 Å². The molecule has 0 bridgehead atoms. The van der Waals surface area contributed by atoms with Crippen LogP contribution in [0, 0.1) is 0 Å². The number of carbonyl (C=O) groups is 1. The highest BCUT2D eigenvalue weighted by molar-refractivity contribution is 5.87. The topological polar surface area (TPSA) is 46.1 Å². The Labute approximate surface area is 176 Å². The summed E-state index contributed by atoms with van der Waals surface area (Å²) in [7, 11) is 0. The van der Waals surface area contributed by atoms with E-state index in [0.29, 0.717) is 6.42 Å². The van der Waals surface area contributed by atoms with Crippen molar-refractivity contribution in [2.45, 2.75) is 19.3 Å². The largest absolute Gasteiger partial charge is 0.342 e. The summed E-state index contributed by atoms with van der Waals surface area (Å²) >= 11 is 0. The predicted octanol–water partition coefficient (Wildman–Crippen LogP) is 5.13. The molecular formula is C26H23N3O. The van der Waals surface area contributed by atoms with Crippen molar-refractivity contribution < 1.29 is 4.79 Å². The highest BCUT2D eigenvalue weighted by Gasteiger charge is 2.19. The van der Waals surface area contributed by atoms with Crippen molar-refractivity contribution in [3.05, 3.63) is 84.4 Å². The van der Waals surface area contributed by atoms with Crippen LogP contribution in [0.5, 0.6) is 0 Å². The number of benzene rings is 3. The quantitative estimate of drug-likeness (QED) is 0.483. The van der Waals surface area contributed by atoms with Gasteiger partial charge in [0.15, 0.2) is 0 Å². The summed E-state index contributed by atoms with van der Waals surface area (Å²) in [5.74, 6) is 0.198. The Hall–Kier alpha value is -3.53. The van der Waals surface area contributed by atoms with Crippen molar-refractivity contribution in [1.82, 2.24) is 14.9 Å². The summed E-state index contributed by atoms with van der Waals surface area (Å²) in [6, 6.07) is 26.3. The van der Waals surface area contributed by atoms with Gasteiger partial charge in [-0.25, -0.2) is 9.97 Å². The first-order valence-corrected chi connectivity index (χ1v) is 10.5. The van der Waals surface area contributed by atoms with Crippen LogP contribution in [-0.2, 0) is 11.2 Å². The van der Waals surface area contributed by atoms with E-state index in [4.69, 9.17) is 9.97 Å². The maximum atomic E-state index is 12.6. The Bertz CT molecular complexity index is 1180. The molecule has 0 aliphatic carbocycles. The number of likely N-dealkylation sites (tertiary alicyclic amines) is 1.